The van der Waals surface area contributed by atoms with Crippen molar-refractivity contribution >= 4 is 35.2 Å². The number of carbonyl (C=O) groups excluding carboxylic acids is 3. The third-order valence-corrected chi connectivity index (χ3v) is 8.16. The summed E-state index contributed by atoms with van der Waals surface area (Å²) in [5.74, 6) is -4.00. The average Bonchev–Trinajstić information content (AvgIpc) is 3.49. The zero-order chi connectivity index (χ0) is 28.1. The molecule has 0 N–H and O–H groups in total. The maximum Gasteiger partial charge on any atom is 0.330 e. The number of ether oxygens (including phenoxy) is 1. The summed E-state index contributed by atoms with van der Waals surface area (Å²) in [5.41, 5.74) is 3.36. The minimum Gasteiger partial charge on any atom is -0.451 e. The zero-order valence-electron chi connectivity index (χ0n) is 21.8. The largest absolute Gasteiger partial charge is 0.451 e. The first-order valence-corrected chi connectivity index (χ1v) is 13.5. The van der Waals surface area contributed by atoms with Gasteiger partial charge in [-0.3, -0.25) is 9.59 Å². The van der Waals surface area contributed by atoms with Gasteiger partial charge in [0.15, 0.2) is 6.10 Å². The fourth-order valence-corrected chi connectivity index (χ4v) is 6.42. The third kappa shape index (κ3) is 4.04. The molecule has 0 bridgehead atoms. The predicted octanol–water partition coefficient (Wildman–Crippen LogP) is 5.55. The normalized spacial score (nSPS) is 22.5. The number of fused-ring (bicyclic) bond motifs is 5. The van der Waals surface area contributed by atoms with E-state index in [-0.39, 0.29) is 5.69 Å². The van der Waals surface area contributed by atoms with Crippen molar-refractivity contribution in [3.63, 3.8) is 0 Å². The van der Waals surface area contributed by atoms with Gasteiger partial charge in [-0.15, -0.1) is 0 Å². The molecule has 7 heteroatoms. The molecule has 0 aliphatic carbocycles. The van der Waals surface area contributed by atoms with E-state index in [9.17, 15) is 18.8 Å². The smallest absolute Gasteiger partial charge is 0.330 e. The Balaban J connectivity index is 1.32. The molecule has 3 aliphatic rings. The highest BCUT2D eigenvalue weighted by Crippen LogP contribution is 2.49. The highest BCUT2D eigenvalue weighted by atomic mass is 19.1. The molecule has 0 unspecified atom stereocenters. The number of hydrogen-bond acceptors (Lipinski definition) is 5. The Morgan fingerprint density at radius 1 is 0.756 bits per heavy atom. The van der Waals surface area contributed by atoms with Crippen LogP contribution < -0.4 is 9.80 Å². The molecule has 3 aliphatic heterocycles. The Kier molecular flexibility index (Phi) is 6.00. The number of carbonyl (C=O) groups is 3. The number of nitrogens with zero attached hydrogens (tertiary/aromatic N) is 2. The summed E-state index contributed by atoms with van der Waals surface area (Å²) in [7, 11) is 0. The van der Waals surface area contributed by atoms with Crippen molar-refractivity contribution in [1.82, 2.24) is 0 Å². The topological polar surface area (TPSA) is 66.9 Å². The van der Waals surface area contributed by atoms with Crippen LogP contribution in [-0.2, 0) is 19.1 Å². The fourth-order valence-electron chi connectivity index (χ4n) is 6.42. The summed E-state index contributed by atoms with van der Waals surface area (Å²) >= 11 is 0. The number of hydrogen-bond donors (Lipinski definition) is 0. The van der Waals surface area contributed by atoms with E-state index in [0.29, 0.717) is 0 Å². The summed E-state index contributed by atoms with van der Waals surface area (Å²) < 4.78 is 20.4. The summed E-state index contributed by atoms with van der Waals surface area (Å²) in [6, 6.07) is 30.2. The molecule has 4 atom stereocenters. The quantitative estimate of drug-likeness (QED) is 0.244. The van der Waals surface area contributed by atoms with Gasteiger partial charge in [-0.25, -0.2) is 14.1 Å². The van der Waals surface area contributed by atoms with Crippen molar-refractivity contribution in [2.24, 2.45) is 11.8 Å². The van der Waals surface area contributed by atoms with E-state index < -0.39 is 53.6 Å². The molecule has 0 spiro atoms. The molecule has 2 amide bonds. The van der Waals surface area contributed by atoms with Crippen molar-refractivity contribution in [1.29, 1.82) is 0 Å². The van der Waals surface area contributed by atoms with Crippen LogP contribution in [0.5, 0.6) is 0 Å². The van der Waals surface area contributed by atoms with Gasteiger partial charge in [-0.2, -0.15) is 0 Å². The highest BCUT2D eigenvalue weighted by Gasteiger charge is 2.65. The Morgan fingerprint density at radius 2 is 1.39 bits per heavy atom. The van der Waals surface area contributed by atoms with Crippen LogP contribution in [0.4, 0.5) is 15.8 Å². The van der Waals surface area contributed by atoms with Crippen LogP contribution in [-0.4, -0.2) is 29.9 Å². The highest BCUT2D eigenvalue weighted by molar-refractivity contribution is 6.24. The summed E-state index contributed by atoms with van der Waals surface area (Å²) in [6.07, 6.45) is 3.07. The maximum atomic E-state index is 14.3. The van der Waals surface area contributed by atoms with E-state index in [1.54, 1.807) is 0 Å². The van der Waals surface area contributed by atoms with Gasteiger partial charge in [-0.05, 0) is 41.0 Å². The van der Waals surface area contributed by atoms with E-state index in [1.165, 1.54) is 18.2 Å². The van der Waals surface area contributed by atoms with E-state index in [1.807, 2.05) is 102 Å². The first kappa shape index (κ1) is 25.0. The van der Waals surface area contributed by atoms with Gasteiger partial charge < -0.3 is 9.64 Å². The van der Waals surface area contributed by atoms with Gasteiger partial charge in [0, 0.05) is 5.69 Å². The Hall–Kier alpha value is -5.04. The second-order valence-corrected chi connectivity index (χ2v) is 10.4. The van der Waals surface area contributed by atoms with Crippen molar-refractivity contribution in [2.45, 2.75) is 18.2 Å². The molecule has 202 valence electrons. The van der Waals surface area contributed by atoms with E-state index in [0.717, 1.165) is 33.3 Å². The van der Waals surface area contributed by atoms with Crippen LogP contribution >= 0.6 is 0 Å². The van der Waals surface area contributed by atoms with Crippen molar-refractivity contribution in [3.05, 3.63) is 138 Å². The number of benzene rings is 4. The van der Waals surface area contributed by atoms with Crippen LogP contribution in [0.2, 0.25) is 0 Å². The van der Waals surface area contributed by atoms with E-state index >= 15 is 0 Å². The van der Waals surface area contributed by atoms with Crippen LogP contribution in [0.3, 0.4) is 0 Å². The van der Waals surface area contributed by atoms with Gasteiger partial charge >= 0.3 is 5.97 Å². The second-order valence-electron chi connectivity index (χ2n) is 10.4. The Bertz CT molecular complexity index is 1650. The lowest BCUT2D eigenvalue weighted by molar-refractivity contribution is -0.151. The monoisotopic (exact) mass is 544 g/mol. The molecule has 6 nitrogen and oxygen atoms in total. The SMILES string of the molecule is O=C(OC(c1ccccc1)c1ccccc1)[C@H]1[C@H]2C(=O)N(c3cccc(F)c3)C(=O)[C@H]2[C@@H]2C=Cc3ccccc3N21. The molecule has 3 heterocycles. The molecule has 4 aromatic rings. The maximum absolute atomic E-state index is 14.3. The fraction of sp³-hybridized carbons (Fsp3) is 0.147. The van der Waals surface area contributed by atoms with Gasteiger partial charge in [0.1, 0.15) is 11.9 Å². The minimum absolute atomic E-state index is 0.153. The van der Waals surface area contributed by atoms with Gasteiger partial charge in [0.25, 0.3) is 0 Å². The molecule has 4 aromatic carbocycles. The van der Waals surface area contributed by atoms with Crippen molar-refractivity contribution in [2.75, 3.05) is 9.80 Å². The zero-order valence-corrected chi connectivity index (χ0v) is 21.8. The number of para-hydroxylation sites is 1. The molecule has 0 saturated carbocycles. The van der Waals surface area contributed by atoms with Crippen LogP contribution in [0.15, 0.2) is 115 Å². The van der Waals surface area contributed by atoms with Crippen LogP contribution in [0.1, 0.15) is 22.8 Å². The average molecular weight is 545 g/mol. The standard InChI is InChI=1S/C34H25FN2O4/c35-24-15-9-16-25(20-24)36-32(38)28-27-19-18-21-10-7-8-17-26(21)37(27)30(29(28)33(36)39)34(40)41-31(22-11-3-1-4-12-22)23-13-5-2-6-14-23/h1-20,27-31H/t27-,28-,29-,30+/m0/s1. The van der Waals surface area contributed by atoms with Gasteiger partial charge in [0.05, 0.1) is 23.6 Å². The molecule has 2 saturated heterocycles. The molecular formula is C34H25FN2O4. The van der Waals surface area contributed by atoms with Crippen molar-refractivity contribution in [3.8, 4) is 0 Å². The lowest BCUT2D eigenvalue weighted by Gasteiger charge is -2.36. The van der Waals surface area contributed by atoms with Crippen LogP contribution in [0, 0.1) is 17.7 Å². The number of rotatable bonds is 5. The first-order chi connectivity index (χ1) is 20.0. The van der Waals surface area contributed by atoms with Crippen molar-refractivity contribution < 1.29 is 23.5 Å². The number of halogens is 1. The van der Waals surface area contributed by atoms with Crippen LogP contribution in [0.25, 0.3) is 6.08 Å². The summed E-state index contributed by atoms with van der Waals surface area (Å²) in [5, 5.41) is 0. The lowest BCUT2D eigenvalue weighted by atomic mass is 9.88. The third-order valence-electron chi connectivity index (χ3n) is 8.16. The molecular weight excluding hydrogens is 519 g/mol. The van der Waals surface area contributed by atoms with Gasteiger partial charge in [-0.1, -0.05) is 97.1 Å². The Labute approximate surface area is 236 Å². The van der Waals surface area contributed by atoms with E-state index in [4.69, 9.17) is 4.74 Å². The second kappa shape index (κ2) is 9.86. The molecule has 0 aromatic heterocycles. The number of imide groups is 1. The molecule has 0 radical (unpaired) electrons. The first-order valence-electron chi connectivity index (χ1n) is 13.5. The summed E-state index contributed by atoms with van der Waals surface area (Å²) in [6.45, 7) is 0. The molecule has 41 heavy (non-hydrogen) atoms. The number of esters is 1. The Morgan fingerprint density at radius 3 is 2.07 bits per heavy atom. The van der Waals surface area contributed by atoms with Gasteiger partial charge in [0.2, 0.25) is 11.8 Å². The molecule has 7 rings (SSSR count). The number of anilines is 2. The summed E-state index contributed by atoms with van der Waals surface area (Å²) in [4.78, 5) is 45.1. The number of amides is 2. The van der Waals surface area contributed by atoms with E-state index in [2.05, 4.69) is 0 Å². The minimum atomic E-state index is -1.07. The predicted molar refractivity (Wildman–Crippen MR) is 152 cm³/mol. The molecule has 2 fully saturated rings. The lowest BCUT2D eigenvalue weighted by Crippen LogP contribution is -2.49.